The van der Waals surface area contributed by atoms with Crippen molar-refractivity contribution in [2.45, 2.75) is 51.0 Å². The van der Waals surface area contributed by atoms with Gasteiger partial charge >= 0.3 is 53.8 Å². The van der Waals surface area contributed by atoms with Crippen LogP contribution in [0.15, 0.2) is 0 Å². The molecule has 0 aliphatic rings. The monoisotopic (exact) mass is 716 g/mol. The van der Waals surface area contributed by atoms with E-state index >= 15 is 0 Å². The lowest BCUT2D eigenvalue weighted by Crippen LogP contribution is -2.41. The van der Waals surface area contributed by atoms with Gasteiger partial charge in [0.05, 0.1) is 27.4 Å². The predicted octanol–water partition coefficient (Wildman–Crippen LogP) is -4.23. The first kappa shape index (κ1) is 58.9. The molecule has 20 nitrogen and oxygen atoms in total. The van der Waals surface area contributed by atoms with Crippen LogP contribution in [0.5, 0.6) is 0 Å². The quantitative estimate of drug-likeness (QED) is 0.0183. The van der Waals surface area contributed by atoms with Gasteiger partial charge in [0.15, 0.2) is 0 Å². The van der Waals surface area contributed by atoms with Crippen molar-refractivity contribution in [1.29, 1.82) is 5.26 Å². The minimum atomic E-state index is -1.11. The van der Waals surface area contributed by atoms with Gasteiger partial charge in [0.25, 0.3) is 0 Å². The van der Waals surface area contributed by atoms with Crippen LogP contribution in [0.4, 0.5) is 0 Å². The first-order chi connectivity index (χ1) is 23.4. The number of carbonyl (C=O) groups is 4. The average Bonchev–Trinajstić information content (AvgIpc) is 3.11. The molecule has 0 aliphatic carbocycles. The number of rotatable bonds is 21. The fourth-order valence-electron chi connectivity index (χ4n) is 2.02. The molecule has 0 heterocycles. The normalized spacial score (nSPS) is 11.3. The molecule has 0 aromatic carbocycles. The summed E-state index contributed by atoms with van der Waals surface area (Å²) in [5.41, 5.74) is 15.3. The molecule has 0 rings (SSSR count). The highest BCUT2D eigenvalue weighted by molar-refractivity contribution is 6.37. The third-order valence-electron chi connectivity index (χ3n) is 4.59. The third-order valence-corrected chi connectivity index (χ3v) is 4.59. The highest BCUT2D eigenvalue weighted by Crippen LogP contribution is 1.87. The summed E-state index contributed by atoms with van der Waals surface area (Å²) in [7, 11) is 13.2. The van der Waals surface area contributed by atoms with Gasteiger partial charge in [0, 0.05) is 32.7 Å². The molecule has 24 heteroatoms. The molecule has 0 aliphatic heterocycles. The van der Waals surface area contributed by atoms with Crippen LogP contribution in [0.25, 0.3) is 4.85 Å². The number of ether oxygens (including phenoxy) is 3. The van der Waals surface area contributed by atoms with E-state index in [-0.39, 0.29) is 19.9 Å². The number of likely N-dealkylation sites (N-methyl/N-ethyl adjacent to an activating group) is 3. The first-order valence-corrected chi connectivity index (χ1v) is 14.5. The Morgan fingerprint density at radius 1 is 0.820 bits per heavy atom. The topological polar surface area (TPSA) is 306 Å². The number of nitrogens with one attached hydrogen (secondary N) is 3. The predicted molar refractivity (Wildman–Crippen MR) is 190 cm³/mol. The SMILES string of the molecule is C.CCCC#N.CNC([B]O)C(=O)OC.CNC([B]OCCN)C(=O)OC.NCCO[B]C(N)C(=O)O.[C-]#[N+]CCO[B]C(NC)C(=O)OC. The molecule has 284 valence electrons. The zero-order valence-corrected chi connectivity index (χ0v) is 29.4. The van der Waals surface area contributed by atoms with Gasteiger partial charge in [-0.05, 0) is 27.6 Å². The first-order valence-electron chi connectivity index (χ1n) is 14.5. The largest absolute Gasteiger partial charge is 0.481 e. The number of nitriles is 1. The Hall–Kier alpha value is -3.28. The second kappa shape index (κ2) is 47.8. The molecule has 4 atom stereocenters. The summed E-state index contributed by atoms with van der Waals surface area (Å²) in [6, 6.07) is 2.02. The molecular weight excluding hydrogens is 660 g/mol. The van der Waals surface area contributed by atoms with Crippen molar-refractivity contribution in [3.63, 3.8) is 0 Å². The maximum atomic E-state index is 11.0. The zero-order valence-electron chi connectivity index (χ0n) is 29.4. The van der Waals surface area contributed by atoms with E-state index in [4.69, 9.17) is 48.5 Å². The molecule has 11 N–H and O–H groups in total. The van der Waals surface area contributed by atoms with Crippen LogP contribution in [0, 0.1) is 17.9 Å². The van der Waals surface area contributed by atoms with Crippen molar-refractivity contribution < 1.29 is 57.5 Å². The summed E-state index contributed by atoms with van der Waals surface area (Å²) < 4.78 is 27.8. The van der Waals surface area contributed by atoms with Gasteiger partial charge in [0.2, 0.25) is 6.54 Å². The van der Waals surface area contributed by atoms with Crippen molar-refractivity contribution in [2.24, 2.45) is 17.2 Å². The van der Waals surface area contributed by atoms with E-state index in [1.54, 1.807) is 21.1 Å². The number of carboxylic acid groups (broad SMARTS) is 1. The van der Waals surface area contributed by atoms with Crippen molar-refractivity contribution in [3.05, 3.63) is 11.4 Å². The van der Waals surface area contributed by atoms with Gasteiger partial charge in [-0.15, -0.1) is 0 Å². The van der Waals surface area contributed by atoms with Gasteiger partial charge in [-0.3, -0.25) is 19.2 Å². The van der Waals surface area contributed by atoms with Crippen LogP contribution in [0.3, 0.4) is 0 Å². The van der Waals surface area contributed by atoms with E-state index in [2.05, 4.69) is 39.7 Å². The molecule has 0 saturated carbocycles. The number of unbranched alkanes of at least 4 members (excludes halogenated alkanes) is 1. The van der Waals surface area contributed by atoms with Crippen LogP contribution in [0.2, 0.25) is 0 Å². The second-order valence-corrected chi connectivity index (χ2v) is 8.27. The number of hydrogen-bond donors (Lipinski definition) is 8. The van der Waals surface area contributed by atoms with Crippen molar-refractivity contribution in [2.75, 3.05) is 81.9 Å². The van der Waals surface area contributed by atoms with Crippen molar-refractivity contribution in [3.8, 4) is 6.07 Å². The summed E-state index contributed by atoms with van der Waals surface area (Å²) in [5, 5.41) is 32.3. The van der Waals surface area contributed by atoms with Gasteiger partial charge < -0.3 is 76.3 Å². The van der Waals surface area contributed by atoms with Crippen LogP contribution in [0.1, 0.15) is 27.2 Å². The maximum Gasteiger partial charge on any atom is 0.323 e. The van der Waals surface area contributed by atoms with Crippen LogP contribution in [-0.2, 0) is 47.4 Å². The second-order valence-electron chi connectivity index (χ2n) is 8.27. The van der Waals surface area contributed by atoms with Gasteiger partial charge in [0.1, 0.15) is 30.4 Å². The summed E-state index contributed by atoms with van der Waals surface area (Å²) >= 11 is 0. The number of carbonyl (C=O) groups excluding carboxylic acids is 3. The summed E-state index contributed by atoms with van der Waals surface area (Å²) in [5.74, 6) is -5.28. The number of nitrogens with zero attached hydrogens (tertiary/aromatic N) is 2. The molecule has 0 spiro atoms. The fraction of sp³-hybridized carbons (Fsp3) is 0.769. The lowest BCUT2D eigenvalue weighted by Gasteiger charge is -2.11. The number of methoxy groups -OCH3 is 3. The maximum absolute atomic E-state index is 11.0. The Morgan fingerprint density at radius 3 is 1.44 bits per heavy atom. The molecule has 0 aromatic rings. The Morgan fingerprint density at radius 2 is 1.20 bits per heavy atom. The molecule has 0 aromatic heterocycles. The molecular formula is C26H56B4N8O12. The molecule has 0 fully saturated rings. The van der Waals surface area contributed by atoms with Crippen LogP contribution >= 0.6 is 0 Å². The van der Waals surface area contributed by atoms with E-state index in [1.165, 1.54) is 36.3 Å². The van der Waals surface area contributed by atoms with Crippen LogP contribution < -0.4 is 33.2 Å². The average molecular weight is 716 g/mol. The zero-order chi connectivity index (χ0) is 38.9. The lowest BCUT2D eigenvalue weighted by atomic mass is 9.88. The molecule has 0 saturated heterocycles. The van der Waals surface area contributed by atoms with Crippen molar-refractivity contribution >= 4 is 53.8 Å². The molecule has 0 amide bonds. The highest BCUT2D eigenvalue weighted by Gasteiger charge is 2.20. The number of nitrogens with two attached hydrogens (primary N) is 3. The van der Waals surface area contributed by atoms with E-state index in [1.807, 2.05) is 13.0 Å². The third kappa shape index (κ3) is 42.7. The standard InChI is InChI=1S/C7H12BN2O3.C6H14BN2O3.C4H10BN2O3.C4H9BNO3.C4H7N.CH4/c1-9-4-5-13-8-6(10-2)7(11)12-3;1-9-5(6(10)11-2)7-12-4-3-8;6-1-2-10-5-3(7)4(8)9;1-6-3(5-8)4(7)9-2;1-2-3-4-5;/h6,10H,4-5H2,2-3H3;5,9H,3-4,8H2,1-2H3;3H,1-2,6-7H2,(H,8,9);3,6,8H,1-2H3;2-3H2,1H3;1H4. The molecule has 4 unspecified atom stereocenters. The minimum absolute atomic E-state index is 0. The van der Waals surface area contributed by atoms with Gasteiger partial charge in [-0.25, -0.2) is 6.57 Å². The number of aliphatic carboxylic acids is 1. The van der Waals surface area contributed by atoms with Crippen molar-refractivity contribution in [1.82, 2.24) is 16.0 Å². The minimum Gasteiger partial charge on any atom is -0.481 e. The Balaban J connectivity index is -0.000000124. The lowest BCUT2D eigenvalue weighted by molar-refractivity contribution is -0.141. The highest BCUT2D eigenvalue weighted by atomic mass is 16.5. The Bertz CT molecular complexity index is 889. The Kier molecular flexibility index (Phi) is 56.3. The Labute approximate surface area is 300 Å². The van der Waals surface area contributed by atoms with E-state index in [9.17, 15) is 19.2 Å². The molecule has 0 bridgehead atoms. The summed E-state index contributed by atoms with van der Waals surface area (Å²) in [4.78, 5) is 45.5. The number of hydrogen-bond acceptors (Lipinski definition) is 18. The summed E-state index contributed by atoms with van der Waals surface area (Å²) in [6.07, 6.45) is 1.68. The van der Waals surface area contributed by atoms with E-state index < -0.39 is 41.7 Å². The van der Waals surface area contributed by atoms with Gasteiger partial charge in [-0.2, -0.15) is 5.26 Å². The van der Waals surface area contributed by atoms with E-state index in [0.717, 1.165) is 21.4 Å². The summed E-state index contributed by atoms with van der Waals surface area (Å²) in [6.45, 7) is 10.5. The molecule has 4 radical (unpaired) electrons. The number of carboxylic acids is 1. The smallest absolute Gasteiger partial charge is 0.323 e. The fourth-order valence-corrected chi connectivity index (χ4v) is 2.02. The molecule has 50 heavy (non-hydrogen) atoms. The van der Waals surface area contributed by atoms with Crippen LogP contribution in [-0.4, -0.2) is 170 Å². The number of esters is 3. The van der Waals surface area contributed by atoms with E-state index in [0.29, 0.717) is 39.3 Å². The van der Waals surface area contributed by atoms with Gasteiger partial charge in [-0.1, -0.05) is 14.4 Å².